The van der Waals surface area contributed by atoms with Crippen LogP contribution in [0.25, 0.3) is 0 Å². The summed E-state index contributed by atoms with van der Waals surface area (Å²) in [7, 11) is 0. The third-order valence-corrected chi connectivity index (χ3v) is 2.87. The number of nitro groups is 1. The molecule has 1 fully saturated rings. The number of ether oxygens (including phenoxy) is 1. The lowest BCUT2D eigenvalue weighted by Crippen LogP contribution is -2.40. The van der Waals surface area contributed by atoms with E-state index in [2.05, 4.69) is 5.43 Å². The molecule has 1 aliphatic rings. The maximum absolute atomic E-state index is 11.6. The van der Waals surface area contributed by atoms with Crippen LogP contribution in [0.15, 0.2) is 18.2 Å². The monoisotopic (exact) mass is 266 g/mol. The molecule has 1 aromatic carbocycles. The molecule has 8 nitrogen and oxygen atoms in total. The molecule has 0 aromatic heterocycles. The molecule has 1 saturated heterocycles. The Morgan fingerprint density at radius 1 is 1.53 bits per heavy atom. The van der Waals surface area contributed by atoms with Crippen LogP contribution >= 0.6 is 0 Å². The van der Waals surface area contributed by atoms with E-state index in [1.54, 1.807) is 11.0 Å². The number of nitrogens with zero attached hydrogens (tertiary/aromatic N) is 2. The maximum atomic E-state index is 11.6. The largest absolute Gasteiger partial charge is 0.370 e. The summed E-state index contributed by atoms with van der Waals surface area (Å²) in [6.45, 7) is 1.36. The Morgan fingerprint density at radius 3 is 2.95 bits per heavy atom. The molecule has 0 atom stereocenters. The molecule has 102 valence electrons. The molecule has 1 heterocycles. The lowest BCUT2D eigenvalue weighted by molar-refractivity contribution is -0.384. The summed E-state index contributed by atoms with van der Waals surface area (Å²) >= 11 is 0. The number of carbonyl (C=O) groups excluding carboxylic acids is 1. The summed E-state index contributed by atoms with van der Waals surface area (Å²) in [4.78, 5) is 23.6. The van der Waals surface area contributed by atoms with Gasteiger partial charge in [-0.15, -0.1) is 0 Å². The molecule has 0 radical (unpaired) electrons. The number of rotatable bonds is 4. The Labute approximate surface area is 109 Å². The number of anilines is 1. The lowest BCUT2D eigenvalue weighted by Gasteiger charge is -2.26. The van der Waals surface area contributed by atoms with E-state index in [0.717, 1.165) is 0 Å². The predicted molar refractivity (Wildman–Crippen MR) is 67.1 cm³/mol. The molecule has 0 bridgehead atoms. The number of nitro benzene ring substituents is 1. The molecule has 1 aliphatic heterocycles. The van der Waals surface area contributed by atoms with Gasteiger partial charge < -0.3 is 15.1 Å². The summed E-state index contributed by atoms with van der Waals surface area (Å²) in [6.07, 6.45) is 0. The Hall–Kier alpha value is -2.19. The van der Waals surface area contributed by atoms with Crippen LogP contribution < -0.4 is 11.3 Å². The fraction of sp³-hybridized carbons (Fsp3) is 0.364. The smallest absolute Gasteiger partial charge is 0.293 e. The van der Waals surface area contributed by atoms with Gasteiger partial charge in [0.15, 0.2) is 0 Å². The molecule has 2 rings (SSSR count). The number of carbonyl (C=O) groups is 1. The van der Waals surface area contributed by atoms with E-state index >= 15 is 0 Å². The molecule has 0 spiro atoms. The van der Waals surface area contributed by atoms with Crippen LogP contribution in [0, 0.1) is 10.1 Å². The number of amides is 1. The minimum absolute atomic E-state index is 0.0601. The Kier molecular flexibility index (Phi) is 3.93. The van der Waals surface area contributed by atoms with Crippen LogP contribution in [0.2, 0.25) is 0 Å². The Balaban J connectivity index is 2.18. The molecule has 19 heavy (non-hydrogen) atoms. The van der Waals surface area contributed by atoms with E-state index in [1.807, 2.05) is 0 Å². The normalized spacial score (nSPS) is 15.4. The van der Waals surface area contributed by atoms with Crippen molar-refractivity contribution in [1.29, 1.82) is 0 Å². The summed E-state index contributed by atoms with van der Waals surface area (Å²) in [6, 6.07) is 4.64. The Bertz CT molecular complexity index is 505. The van der Waals surface area contributed by atoms with E-state index in [0.29, 0.717) is 25.3 Å². The van der Waals surface area contributed by atoms with Gasteiger partial charge >= 0.3 is 0 Å². The first-order chi connectivity index (χ1) is 9.11. The van der Waals surface area contributed by atoms with Crippen molar-refractivity contribution < 1.29 is 14.5 Å². The van der Waals surface area contributed by atoms with Gasteiger partial charge in [0.2, 0.25) is 5.91 Å². The molecular formula is C11H14N4O4. The molecular weight excluding hydrogens is 252 g/mol. The average molecular weight is 266 g/mol. The van der Waals surface area contributed by atoms with Gasteiger partial charge in [-0.1, -0.05) is 6.07 Å². The van der Waals surface area contributed by atoms with Gasteiger partial charge in [0, 0.05) is 19.2 Å². The molecule has 1 amide bonds. The number of nitrogens with one attached hydrogen (secondary N) is 1. The number of nitrogens with two attached hydrogens (primary N) is 1. The average Bonchev–Trinajstić information content (AvgIpc) is 2.41. The van der Waals surface area contributed by atoms with Crippen molar-refractivity contribution in [3.63, 3.8) is 0 Å². The second kappa shape index (κ2) is 5.63. The van der Waals surface area contributed by atoms with Gasteiger partial charge in [-0.05, 0) is 11.6 Å². The number of morpholine rings is 1. The minimum Gasteiger partial charge on any atom is -0.370 e. The van der Waals surface area contributed by atoms with E-state index in [4.69, 9.17) is 10.6 Å². The first-order valence-corrected chi connectivity index (χ1v) is 5.71. The number of hydrogen-bond donors (Lipinski definition) is 2. The minimum atomic E-state index is -0.514. The molecule has 1 aromatic rings. The van der Waals surface area contributed by atoms with Crippen LogP contribution in [0.3, 0.4) is 0 Å². The SMILES string of the molecule is NNc1ccc(CN2CCOCC2=O)cc1[N+](=O)[O-]. The van der Waals surface area contributed by atoms with Crippen molar-refractivity contribution in [1.82, 2.24) is 4.90 Å². The number of hydrogen-bond acceptors (Lipinski definition) is 6. The van der Waals surface area contributed by atoms with E-state index in [9.17, 15) is 14.9 Å². The van der Waals surface area contributed by atoms with E-state index < -0.39 is 4.92 Å². The second-order valence-electron chi connectivity index (χ2n) is 4.12. The quantitative estimate of drug-likeness (QED) is 0.459. The van der Waals surface area contributed by atoms with Gasteiger partial charge in [-0.2, -0.15) is 0 Å². The van der Waals surface area contributed by atoms with Crippen LogP contribution in [0.4, 0.5) is 11.4 Å². The van der Waals surface area contributed by atoms with Crippen molar-refractivity contribution in [2.75, 3.05) is 25.2 Å². The molecule has 0 unspecified atom stereocenters. The zero-order valence-corrected chi connectivity index (χ0v) is 10.2. The van der Waals surface area contributed by atoms with Gasteiger partial charge in [0.05, 0.1) is 11.5 Å². The molecule has 3 N–H and O–H groups in total. The van der Waals surface area contributed by atoms with E-state index in [1.165, 1.54) is 12.1 Å². The highest BCUT2D eigenvalue weighted by Gasteiger charge is 2.20. The zero-order chi connectivity index (χ0) is 13.8. The third-order valence-electron chi connectivity index (χ3n) is 2.87. The number of hydrazine groups is 1. The van der Waals surface area contributed by atoms with Crippen LogP contribution in [-0.4, -0.2) is 35.5 Å². The summed E-state index contributed by atoms with van der Waals surface area (Å²) in [5.41, 5.74) is 3.08. The number of nitrogen functional groups attached to an aromatic ring is 1. The van der Waals surface area contributed by atoms with Crippen LogP contribution in [0.1, 0.15) is 5.56 Å². The van der Waals surface area contributed by atoms with Crippen LogP contribution in [0.5, 0.6) is 0 Å². The molecule has 0 aliphatic carbocycles. The first-order valence-electron chi connectivity index (χ1n) is 5.71. The van der Waals surface area contributed by atoms with Crippen LogP contribution in [-0.2, 0) is 16.1 Å². The highest BCUT2D eigenvalue weighted by molar-refractivity contribution is 5.78. The fourth-order valence-corrected chi connectivity index (χ4v) is 1.89. The van der Waals surface area contributed by atoms with Crippen molar-refractivity contribution in [2.45, 2.75) is 6.54 Å². The fourth-order valence-electron chi connectivity index (χ4n) is 1.89. The maximum Gasteiger partial charge on any atom is 0.293 e. The topological polar surface area (TPSA) is 111 Å². The number of benzene rings is 1. The highest BCUT2D eigenvalue weighted by atomic mass is 16.6. The summed E-state index contributed by atoms with van der Waals surface area (Å²) in [5.74, 6) is 5.09. The zero-order valence-electron chi connectivity index (χ0n) is 10.2. The molecule has 0 saturated carbocycles. The highest BCUT2D eigenvalue weighted by Crippen LogP contribution is 2.25. The predicted octanol–water partition coefficient (Wildman–Crippen LogP) is 0.239. The summed E-state index contributed by atoms with van der Waals surface area (Å²) < 4.78 is 5.02. The van der Waals surface area contributed by atoms with Crippen molar-refractivity contribution >= 4 is 17.3 Å². The van der Waals surface area contributed by atoms with E-state index in [-0.39, 0.29) is 23.9 Å². The standard InChI is InChI=1S/C11H14N4O4/c12-13-9-2-1-8(5-10(9)15(17)18)6-14-3-4-19-7-11(14)16/h1-2,5,13H,3-4,6-7,12H2. The molecule has 8 heteroatoms. The first kappa shape index (κ1) is 13.2. The van der Waals surface area contributed by atoms with Gasteiger partial charge in [-0.25, -0.2) is 0 Å². The summed E-state index contributed by atoms with van der Waals surface area (Å²) in [5, 5.41) is 10.9. The third kappa shape index (κ3) is 2.98. The second-order valence-corrected chi connectivity index (χ2v) is 4.12. The van der Waals surface area contributed by atoms with Gasteiger partial charge in [-0.3, -0.25) is 20.8 Å². The van der Waals surface area contributed by atoms with Gasteiger partial charge in [0.25, 0.3) is 5.69 Å². The van der Waals surface area contributed by atoms with Gasteiger partial charge in [0.1, 0.15) is 12.3 Å². The lowest BCUT2D eigenvalue weighted by atomic mass is 10.1. The van der Waals surface area contributed by atoms with Crippen molar-refractivity contribution in [3.05, 3.63) is 33.9 Å². The van der Waals surface area contributed by atoms with Crippen molar-refractivity contribution in [3.8, 4) is 0 Å². The van der Waals surface area contributed by atoms with Crippen molar-refractivity contribution in [2.24, 2.45) is 5.84 Å². The Morgan fingerprint density at radius 2 is 2.32 bits per heavy atom.